The van der Waals surface area contributed by atoms with Crippen LogP contribution in [0.25, 0.3) is 6.08 Å². The molecule has 1 amide bonds. The van der Waals surface area contributed by atoms with Gasteiger partial charge in [-0.3, -0.25) is 19.9 Å². The highest BCUT2D eigenvalue weighted by molar-refractivity contribution is 5.92. The van der Waals surface area contributed by atoms with E-state index in [0.717, 1.165) is 5.56 Å². The largest absolute Gasteiger partial charge is 0.385 e. The third kappa shape index (κ3) is 5.78. The van der Waals surface area contributed by atoms with Crippen LogP contribution in [0.15, 0.2) is 54.9 Å². The van der Waals surface area contributed by atoms with Crippen LogP contribution in [0.2, 0.25) is 0 Å². The quantitative estimate of drug-likeness (QED) is 0.299. The fourth-order valence-electron chi connectivity index (χ4n) is 2.44. The van der Waals surface area contributed by atoms with Gasteiger partial charge in [0.25, 0.3) is 5.69 Å². The van der Waals surface area contributed by atoms with E-state index in [-0.39, 0.29) is 11.6 Å². The molecule has 1 heterocycles. The molecule has 0 aliphatic carbocycles. The van der Waals surface area contributed by atoms with E-state index in [1.54, 1.807) is 42.6 Å². The number of hydrogen-bond acceptors (Lipinski definition) is 5. The van der Waals surface area contributed by atoms with Gasteiger partial charge in [0.05, 0.1) is 10.5 Å². The smallest absolute Gasteiger partial charge is 0.276 e. The number of nitrogens with zero attached hydrogens (tertiary/aromatic N) is 3. The number of aromatic nitrogens is 1. The maximum atomic E-state index is 12.6. The van der Waals surface area contributed by atoms with Gasteiger partial charge in [-0.05, 0) is 36.3 Å². The fourth-order valence-corrected chi connectivity index (χ4v) is 2.44. The Labute approximate surface area is 152 Å². The van der Waals surface area contributed by atoms with Crippen LogP contribution < -0.4 is 0 Å². The first-order chi connectivity index (χ1) is 12.6. The van der Waals surface area contributed by atoms with Crippen molar-refractivity contribution in [3.05, 3.63) is 76.1 Å². The number of ether oxygens (including phenoxy) is 1. The minimum absolute atomic E-state index is 0.0309. The lowest BCUT2D eigenvalue weighted by molar-refractivity contribution is -0.385. The zero-order chi connectivity index (χ0) is 18.8. The molecule has 7 heteroatoms. The summed E-state index contributed by atoms with van der Waals surface area (Å²) in [6.45, 7) is 1.51. The van der Waals surface area contributed by atoms with E-state index in [1.807, 2.05) is 12.1 Å². The van der Waals surface area contributed by atoms with Gasteiger partial charge in [-0.25, -0.2) is 0 Å². The van der Waals surface area contributed by atoms with E-state index >= 15 is 0 Å². The maximum Gasteiger partial charge on any atom is 0.276 e. The molecular weight excluding hydrogens is 334 g/mol. The van der Waals surface area contributed by atoms with Gasteiger partial charge < -0.3 is 9.64 Å². The molecule has 0 spiro atoms. The molecular formula is C19H21N3O4. The van der Waals surface area contributed by atoms with Crippen LogP contribution >= 0.6 is 0 Å². The zero-order valence-electron chi connectivity index (χ0n) is 14.6. The highest BCUT2D eigenvalue weighted by atomic mass is 16.6. The van der Waals surface area contributed by atoms with Gasteiger partial charge in [0, 0.05) is 51.3 Å². The summed E-state index contributed by atoms with van der Waals surface area (Å²) >= 11 is 0. The Morgan fingerprint density at radius 1 is 1.27 bits per heavy atom. The number of para-hydroxylation sites is 1. The second-order valence-electron chi connectivity index (χ2n) is 5.61. The molecule has 0 radical (unpaired) electrons. The SMILES string of the molecule is COCCCN(Cc1ccncc1)C(=O)C=Cc1ccccc1[N+](=O)[O-]. The number of carbonyl (C=O) groups is 1. The van der Waals surface area contributed by atoms with E-state index in [9.17, 15) is 14.9 Å². The summed E-state index contributed by atoms with van der Waals surface area (Å²) in [6, 6.07) is 10.0. The molecule has 2 aromatic rings. The minimum Gasteiger partial charge on any atom is -0.385 e. The predicted octanol–water partition coefficient (Wildman–Crippen LogP) is 3.07. The molecule has 1 aromatic carbocycles. The summed E-state index contributed by atoms with van der Waals surface area (Å²) in [6.07, 6.45) is 6.91. The van der Waals surface area contributed by atoms with Crippen molar-refractivity contribution in [2.45, 2.75) is 13.0 Å². The Balaban J connectivity index is 2.13. The molecule has 26 heavy (non-hydrogen) atoms. The van der Waals surface area contributed by atoms with Crippen LogP contribution in [0, 0.1) is 10.1 Å². The van der Waals surface area contributed by atoms with Gasteiger partial charge >= 0.3 is 0 Å². The summed E-state index contributed by atoms with van der Waals surface area (Å²) in [7, 11) is 1.61. The van der Waals surface area contributed by atoms with Crippen molar-refractivity contribution >= 4 is 17.7 Å². The summed E-state index contributed by atoms with van der Waals surface area (Å²) in [5.74, 6) is -0.212. The van der Waals surface area contributed by atoms with Gasteiger partial charge in [-0.15, -0.1) is 0 Å². The van der Waals surface area contributed by atoms with Crippen molar-refractivity contribution in [1.82, 2.24) is 9.88 Å². The van der Waals surface area contributed by atoms with Gasteiger partial charge in [-0.1, -0.05) is 12.1 Å². The standard InChI is InChI=1S/C19H21N3O4/c1-26-14-4-13-21(15-16-9-11-20-12-10-16)19(23)8-7-17-5-2-3-6-18(17)22(24)25/h2-3,5-12H,4,13-15H2,1H3. The topological polar surface area (TPSA) is 85.6 Å². The summed E-state index contributed by atoms with van der Waals surface area (Å²) in [5.41, 5.74) is 1.33. The summed E-state index contributed by atoms with van der Waals surface area (Å²) in [4.78, 5) is 28.9. The molecule has 1 aromatic heterocycles. The van der Waals surface area contributed by atoms with Crippen molar-refractivity contribution in [2.24, 2.45) is 0 Å². The van der Waals surface area contributed by atoms with E-state index in [0.29, 0.717) is 31.7 Å². The molecule has 0 aliphatic rings. The van der Waals surface area contributed by atoms with Gasteiger partial charge in [0.1, 0.15) is 0 Å². The molecule has 0 N–H and O–H groups in total. The van der Waals surface area contributed by atoms with Gasteiger partial charge in [0.2, 0.25) is 5.91 Å². The van der Waals surface area contributed by atoms with Crippen molar-refractivity contribution in [3.63, 3.8) is 0 Å². The predicted molar refractivity (Wildman–Crippen MR) is 98.3 cm³/mol. The average molecular weight is 355 g/mol. The molecule has 2 rings (SSSR count). The Morgan fingerprint density at radius 3 is 2.69 bits per heavy atom. The molecule has 0 unspecified atom stereocenters. The number of nitro groups is 1. The average Bonchev–Trinajstić information content (AvgIpc) is 2.66. The molecule has 0 aliphatic heterocycles. The van der Waals surface area contributed by atoms with E-state index in [2.05, 4.69) is 4.98 Å². The Hall–Kier alpha value is -3.06. The van der Waals surface area contributed by atoms with Crippen LogP contribution in [0.4, 0.5) is 5.69 Å². The van der Waals surface area contributed by atoms with Crippen LogP contribution in [0.3, 0.4) is 0 Å². The number of methoxy groups -OCH3 is 1. The van der Waals surface area contributed by atoms with E-state index < -0.39 is 4.92 Å². The lowest BCUT2D eigenvalue weighted by Gasteiger charge is -2.21. The zero-order valence-corrected chi connectivity index (χ0v) is 14.6. The molecule has 0 atom stereocenters. The lowest BCUT2D eigenvalue weighted by atomic mass is 10.1. The molecule has 0 saturated heterocycles. The Bertz CT molecular complexity index is 762. The van der Waals surface area contributed by atoms with Crippen molar-refractivity contribution < 1.29 is 14.5 Å². The minimum atomic E-state index is -0.461. The second-order valence-corrected chi connectivity index (χ2v) is 5.61. The first-order valence-corrected chi connectivity index (χ1v) is 8.20. The fraction of sp³-hybridized carbons (Fsp3) is 0.263. The van der Waals surface area contributed by atoms with Gasteiger partial charge in [-0.2, -0.15) is 0 Å². The molecule has 7 nitrogen and oxygen atoms in total. The van der Waals surface area contributed by atoms with Crippen molar-refractivity contribution in [3.8, 4) is 0 Å². The second kappa shape index (κ2) is 10.0. The van der Waals surface area contributed by atoms with Gasteiger partial charge in [0.15, 0.2) is 0 Å². The highest BCUT2D eigenvalue weighted by Crippen LogP contribution is 2.19. The molecule has 0 fully saturated rings. The van der Waals surface area contributed by atoms with Crippen molar-refractivity contribution in [1.29, 1.82) is 0 Å². The third-order valence-corrected chi connectivity index (χ3v) is 3.75. The summed E-state index contributed by atoms with van der Waals surface area (Å²) < 4.78 is 5.05. The van der Waals surface area contributed by atoms with E-state index in [1.165, 1.54) is 18.2 Å². The third-order valence-electron chi connectivity index (χ3n) is 3.75. The van der Waals surface area contributed by atoms with Crippen LogP contribution in [-0.2, 0) is 16.1 Å². The first kappa shape index (κ1) is 19.3. The van der Waals surface area contributed by atoms with Crippen LogP contribution in [0.5, 0.6) is 0 Å². The number of carbonyl (C=O) groups excluding carboxylic acids is 1. The number of nitro benzene ring substituents is 1. The van der Waals surface area contributed by atoms with E-state index in [4.69, 9.17) is 4.74 Å². The van der Waals surface area contributed by atoms with Crippen LogP contribution in [-0.4, -0.2) is 41.0 Å². The molecule has 0 bridgehead atoms. The first-order valence-electron chi connectivity index (χ1n) is 8.20. The molecule has 136 valence electrons. The molecule has 0 saturated carbocycles. The highest BCUT2D eigenvalue weighted by Gasteiger charge is 2.13. The Morgan fingerprint density at radius 2 is 2.00 bits per heavy atom. The number of amides is 1. The van der Waals surface area contributed by atoms with Crippen LogP contribution in [0.1, 0.15) is 17.5 Å². The number of hydrogen-bond donors (Lipinski definition) is 0. The maximum absolute atomic E-state index is 12.6. The number of pyridine rings is 1. The normalized spacial score (nSPS) is 10.8. The monoisotopic (exact) mass is 355 g/mol. The Kier molecular flexibility index (Phi) is 7.45. The van der Waals surface area contributed by atoms with Crippen molar-refractivity contribution in [2.75, 3.05) is 20.3 Å². The number of rotatable bonds is 9. The summed E-state index contributed by atoms with van der Waals surface area (Å²) in [5, 5.41) is 11.1. The number of benzene rings is 1. The lowest BCUT2D eigenvalue weighted by Crippen LogP contribution is -2.30.